The molecule has 3 aromatic carbocycles. The van der Waals surface area contributed by atoms with Crippen LogP contribution >= 0.6 is 0 Å². The normalized spacial score (nSPS) is 16.4. The molecule has 174 valence electrons. The summed E-state index contributed by atoms with van der Waals surface area (Å²) in [7, 11) is 0. The Kier molecular flexibility index (Phi) is 5.97. The van der Waals surface area contributed by atoms with Gasteiger partial charge in [0.25, 0.3) is 0 Å². The predicted octanol–water partition coefficient (Wildman–Crippen LogP) is 4.79. The molecule has 1 amide bonds. The Morgan fingerprint density at radius 2 is 1.97 bits per heavy atom. The van der Waals surface area contributed by atoms with Gasteiger partial charge in [0.05, 0.1) is 13.0 Å². The Hall–Kier alpha value is -3.80. The summed E-state index contributed by atoms with van der Waals surface area (Å²) in [6.07, 6.45) is 0.916. The van der Waals surface area contributed by atoms with Crippen molar-refractivity contribution >= 4 is 11.9 Å². The number of ether oxygens (including phenoxy) is 2. The van der Waals surface area contributed by atoms with Gasteiger partial charge in [-0.25, -0.2) is 0 Å². The number of aliphatic carboxylic acids is 1. The zero-order valence-corrected chi connectivity index (χ0v) is 19.1. The van der Waals surface area contributed by atoms with E-state index in [0.717, 1.165) is 29.7 Å². The van der Waals surface area contributed by atoms with E-state index in [1.54, 1.807) is 6.92 Å². The molecule has 34 heavy (non-hydrogen) atoms. The van der Waals surface area contributed by atoms with Gasteiger partial charge in [0, 0.05) is 37.6 Å². The van der Waals surface area contributed by atoms with E-state index in [1.165, 1.54) is 16.7 Å². The number of carboxylic acid groups (broad SMARTS) is 1. The van der Waals surface area contributed by atoms with Crippen molar-refractivity contribution in [3.8, 4) is 22.6 Å². The monoisotopic (exact) mass is 457 g/mol. The van der Waals surface area contributed by atoms with E-state index in [2.05, 4.69) is 30.3 Å². The van der Waals surface area contributed by atoms with Gasteiger partial charge >= 0.3 is 5.97 Å². The highest BCUT2D eigenvalue weighted by atomic mass is 16.5. The second-order valence-corrected chi connectivity index (χ2v) is 8.93. The van der Waals surface area contributed by atoms with E-state index < -0.39 is 5.97 Å². The Balaban J connectivity index is 1.31. The number of hydrogen-bond acceptors (Lipinski definition) is 4. The highest BCUT2D eigenvalue weighted by Crippen LogP contribution is 2.38. The van der Waals surface area contributed by atoms with Crippen molar-refractivity contribution in [3.05, 3.63) is 82.9 Å². The third kappa shape index (κ3) is 4.49. The number of rotatable bonds is 6. The van der Waals surface area contributed by atoms with Crippen LogP contribution in [0.1, 0.15) is 41.5 Å². The number of carboxylic acids is 1. The van der Waals surface area contributed by atoms with Crippen LogP contribution in [0.25, 0.3) is 11.1 Å². The zero-order chi connectivity index (χ0) is 23.7. The van der Waals surface area contributed by atoms with Gasteiger partial charge in [-0.15, -0.1) is 0 Å². The van der Waals surface area contributed by atoms with E-state index in [1.807, 2.05) is 35.2 Å². The van der Waals surface area contributed by atoms with Crippen LogP contribution in [0.4, 0.5) is 0 Å². The lowest BCUT2D eigenvalue weighted by Gasteiger charge is -2.29. The molecule has 1 N–H and O–H groups in total. The molecule has 5 rings (SSSR count). The number of fused-ring (bicyclic) bond motifs is 2. The molecule has 0 aromatic heterocycles. The number of amides is 1. The summed E-state index contributed by atoms with van der Waals surface area (Å²) in [5, 5.41) is 9.07. The second kappa shape index (κ2) is 9.21. The van der Waals surface area contributed by atoms with E-state index in [9.17, 15) is 9.59 Å². The minimum atomic E-state index is -0.822. The predicted molar refractivity (Wildman–Crippen MR) is 128 cm³/mol. The number of carbonyl (C=O) groups excluding carboxylic acids is 1. The van der Waals surface area contributed by atoms with Crippen LogP contribution in [0.5, 0.6) is 11.5 Å². The summed E-state index contributed by atoms with van der Waals surface area (Å²) < 4.78 is 11.7. The smallest absolute Gasteiger partial charge is 0.304 e. The molecule has 0 spiro atoms. The average molecular weight is 458 g/mol. The zero-order valence-electron chi connectivity index (χ0n) is 19.1. The molecule has 0 fully saturated rings. The topological polar surface area (TPSA) is 76.1 Å². The summed E-state index contributed by atoms with van der Waals surface area (Å²) in [6.45, 7) is 3.84. The van der Waals surface area contributed by atoms with Gasteiger partial charge in [-0.3, -0.25) is 9.59 Å². The third-order valence-electron chi connectivity index (χ3n) is 6.64. The lowest BCUT2D eigenvalue weighted by molar-refractivity contribution is -0.137. The molecule has 0 unspecified atom stereocenters. The third-order valence-corrected chi connectivity index (χ3v) is 6.64. The Morgan fingerprint density at radius 3 is 2.79 bits per heavy atom. The van der Waals surface area contributed by atoms with E-state index in [0.29, 0.717) is 31.3 Å². The lowest BCUT2D eigenvalue weighted by Crippen LogP contribution is -2.34. The summed E-state index contributed by atoms with van der Waals surface area (Å²) in [5.41, 5.74) is 6.85. The maximum Gasteiger partial charge on any atom is 0.304 e. The molecule has 0 saturated heterocycles. The van der Waals surface area contributed by atoms with Crippen LogP contribution in [-0.4, -0.2) is 35.0 Å². The largest absolute Gasteiger partial charge is 0.492 e. The van der Waals surface area contributed by atoms with Crippen LogP contribution < -0.4 is 9.47 Å². The van der Waals surface area contributed by atoms with Crippen molar-refractivity contribution in [2.24, 2.45) is 0 Å². The molecule has 2 heterocycles. The minimum absolute atomic E-state index is 0.0654. The molecule has 0 saturated carbocycles. The molecule has 0 aliphatic carbocycles. The Morgan fingerprint density at radius 1 is 1.12 bits per heavy atom. The van der Waals surface area contributed by atoms with E-state index in [4.69, 9.17) is 14.6 Å². The maximum atomic E-state index is 11.8. The number of carbonyl (C=O) groups is 2. The molecular formula is C28H27NO5. The van der Waals surface area contributed by atoms with Crippen LogP contribution in [-0.2, 0) is 29.2 Å². The molecule has 0 bridgehead atoms. The van der Waals surface area contributed by atoms with Crippen LogP contribution in [0.15, 0.2) is 60.7 Å². The highest BCUT2D eigenvalue weighted by molar-refractivity contribution is 5.75. The van der Waals surface area contributed by atoms with Crippen molar-refractivity contribution in [3.63, 3.8) is 0 Å². The van der Waals surface area contributed by atoms with Crippen LogP contribution in [0.3, 0.4) is 0 Å². The fraction of sp³-hybridized carbons (Fsp3) is 0.286. The Labute approximate surface area is 198 Å². The number of nitrogens with zero attached hydrogens (tertiary/aromatic N) is 1. The quantitative estimate of drug-likeness (QED) is 0.576. The van der Waals surface area contributed by atoms with E-state index >= 15 is 0 Å². The molecular weight excluding hydrogens is 430 g/mol. The molecule has 6 nitrogen and oxygen atoms in total. The SMILES string of the molecule is CC(=O)N1CCc2c(cccc2-c2cccc(COc3ccc4c(c3)OC[C@H]4CC(=O)O)c2)C1. The van der Waals surface area contributed by atoms with Crippen molar-refractivity contribution in [2.75, 3.05) is 13.2 Å². The van der Waals surface area contributed by atoms with Gasteiger partial charge in [-0.1, -0.05) is 42.5 Å². The van der Waals surface area contributed by atoms with Crippen molar-refractivity contribution in [1.29, 1.82) is 0 Å². The first-order chi connectivity index (χ1) is 16.5. The number of benzene rings is 3. The summed E-state index contributed by atoms with van der Waals surface area (Å²) in [4.78, 5) is 24.7. The van der Waals surface area contributed by atoms with E-state index in [-0.39, 0.29) is 18.2 Å². The first kappa shape index (κ1) is 22.0. The number of hydrogen-bond donors (Lipinski definition) is 1. The first-order valence-electron chi connectivity index (χ1n) is 11.5. The van der Waals surface area contributed by atoms with Gasteiger partial charge in [-0.05, 0) is 46.4 Å². The van der Waals surface area contributed by atoms with Gasteiger partial charge < -0.3 is 19.5 Å². The van der Waals surface area contributed by atoms with Gasteiger partial charge in [-0.2, -0.15) is 0 Å². The molecule has 3 aromatic rings. The summed E-state index contributed by atoms with van der Waals surface area (Å²) >= 11 is 0. The van der Waals surface area contributed by atoms with Crippen molar-refractivity contribution in [2.45, 2.75) is 38.8 Å². The first-order valence-corrected chi connectivity index (χ1v) is 11.5. The van der Waals surface area contributed by atoms with Gasteiger partial charge in [0.2, 0.25) is 5.91 Å². The lowest BCUT2D eigenvalue weighted by atomic mass is 9.90. The fourth-order valence-electron chi connectivity index (χ4n) is 4.87. The van der Waals surface area contributed by atoms with Gasteiger partial charge in [0.1, 0.15) is 18.1 Å². The average Bonchev–Trinajstić information content (AvgIpc) is 3.23. The minimum Gasteiger partial charge on any atom is -0.492 e. The second-order valence-electron chi connectivity index (χ2n) is 8.93. The van der Waals surface area contributed by atoms with Crippen molar-refractivity contribution < 1.29 is 24.2 Å². The maximum absolute atomic E-state index is 11.8. The van der Waals surface area contributed by atoms with Crippen LogP contribution in [0.2, 0.25) is 0 Å². The molecule has 6 heteroatoms. The Bertz CT molecular complexity index is 1250. The fourth-order valence-corrected chi connectivity index (χ4v) is 4.87. The molecule has 2 aliphatic heterocycles. The standard InChI is InChI=1S/C28H27NO5/c1-18(30)29-11-10-25-21(15-29)6-3-7-24(25)20-5-2-4-19(12-20)16-33-23-8-9-26-22(13-28(31)32)17-34-27(26)14-23/h2-9,12,14,22H,10-11,13,15-17H2,1H3,(H,31,32)/t22-/m1/s1. The molecule has 0 radical (unpaired) electrons. The van der Waals surface area contributed by atoms with Crippen LogP contribution in [0, 0.1) is 0 Å². The van der Waals surface area contributed by atoms with Gasteiger partial charge in [0.15, 0.2) is 0 Å². The van der Waals surface area contributed by atoms with Crippen molar-refractivity contribution in [1.82, 2.24) is 4.90 Å². The summed E-state index contributed by atoms with van der Waals surface area (Å²) in [5.74, 6) is 0.578. The summed E-state index contributed by atoms with van der Waals surface area (Å²) in [6, 6.07) is 20.3. The molecule has 1 atom stereocenters. The molecule has 2 aliphatic rings. The highest BCUT2D eigenvalue weighted by Gasteiger charge is 2.26.